The van der Waals surface area contributed by atoms with E-state index < -0.39 is 5.41 Å². The molecule has 0 aliphatic carbocycles. The van der Waals surface area contributed by atoms with Crippen LogP contribution in [0.4, 0.5) is 5.69 Å². The van der Waals surface area contributed by atoms with E-state index in [4.69, 9.17) is 4.74 Å². The Bertz CT molecular complexity index is 1130. The fourth-order valence-corrected chi connectivity index (χ4v) is 4.07. The topological polar surface area (TPSA) is 68.5 Å². The highest BCUT2D eigenvalue weighted by atomic mass is 16.5. The summed E-state index contributed by atoms with van der Waals surface area (Å²) in [6.07, 6.45) is 6.95. The van der Waals surface area contributed by atoms with Gasteiger partial charge in [-0.2, -0.15) is 0 Å². The number of ether oxygens (including phenoxy) is 1. The van der Waals surface area contributed by atoms with Crippen molar-refractivity contribution in [1.82, 2.24) is 14.4 Å². The number of anilines is 1. The Hall–Kier alpha value is -3.51. The van der Waals surface area contributed by atoms with Crippen molar-refractivity contribution in [2.45, 2.75) is 18.3 Å². The van der Waals surface area contributed by atoms with E-state index in [1.165, 1.54) is 0 Å². The van der Waals surface area contributed by atoms with Crippen molar-refractivity contribution in [2.75, 3.05) is 18.5 Å². The first-order valence-electron chi connectivity index (χ1n) is 10.1. The predicted molar refractivity (Wildman–Crippen MR) is 115 cm³/mol. The Balaban J connectivity index is 1.38. The standard InChI is InChI=1S/C24H22N4O2/c29-22(24(11-15-30-16-12-24)19-5-2-1-3-6-19)26-20-9-7-18(8-10-20)21-17-28-14-4-13-25-23(28)27-21/h1-10,13-14,17H,11-12,15-16H2,(H,26,29). The van der Waals surface area contributed by atoms with Crippen molar-refractivity contribution < 1.29 is 9.53 Å². The van der Waals surface area contributed by atoms with Crippen LogP contribution in [0.15, 0.2) is 79.3 Å². The van der Waals surface area contributed by atoms with Gasteiger partial charge in [-0.3, -0.25) is 9.20 Å². The minimum atomic E-state index is -0.564. The third-order valence-corrected chi connectivity index (χ3v) is 5.78. The molecule has 1 amide bonds. The van der Waals surface area contributed by atoms with Gasteiger partial charge >= 0.3 is 0 Å². The first-order valence-corrected chi connectivity index (χ1v) is 10.1. The number of amides is 1. The number of carbonyl (C=O) groups excluding carboxylic acids is 1. The van der Waals surface area contributed by atoms with Crippen LogP contribution in [0, 0.1) is 0 Å². The number of fused-ring (bicyclic) bond motifs is 1. The molecule has 2 aromatic heterocycles. The minimum Gasteiger partial charge on any atom is -0.381 e. The molecule has 30 heavy (non-hydrogen) atoms. The van der Waals surface area contributed by atoms with E-state index >= 15 is 0 Å². The normalized spacial score (nSPS) is 15.7. The molecule has 0 unspecified atom stereocenters. The molecule has 4 aromatic rings. The molecule has 150 valence electrons. The van der Waals surface area contributed by atoms with Crippen LogP contribution in [0.3, 0.4) is 0 Å². The number of rotatable bonds is 4. The summed E-state index contributed by atoms with van der Waals surface area (Å²) in [4.78, 5) is 22.2. The number of hydrogen-bond acceptors (Lipinski definition) is 4. The molecule has 0 radical (unpaired) electrons. The average molecular weight is 398 g/mol. The average Bonchev–Trinajstić information content (AvgIpc) is 3.25. The van der Waals surface area contributed by atoms with Crippen LogP contribution in [0.25, 0.3) is 17.0 Å². The Kier molecular flexibility index (Phi) is 4.77. The molecule has 0 atom stereocenters. The number of imidazole rings is 1. The molecule has 1 saturated heterocycles. The summed E-state index contributed by atoms with van der Waals surface area (Å²) in [6, 6.07) is 19.7. The molecule has 1 N–H and O–H groups in total. The van der Waals surface area contributed by atoms with Gasteiger partial charge < -0.3 is 10.1 Å². The van der Waals surface area contributed by atoms with Crippen molar-refractivity contribution in [3.05, 3.63) is 84.8 Å². The van der Waals surface area contributed by atoms with Gasteiger partial charge in [0.15, 0.2) is 0 Å². The second-order valence-corrected chi connectivity index (χ2v) is 7.55. The molecule has 6 nitrogen and oxygen atoms in total. The van der Waals surface area contributed by atoms with Gasteiger partial charge in [-0.25, -0.2) is 9.97 Å². The Morgan fingerprint density at radius 2 is 1.77 bits per heavy atom. The van der Waals surface area contributed by atoms with Gasteiger partial charge in [0.2, 0.25) is 11.7 Å². The summed E-state index contributed by atoms with van der Waals surface area (Å²) >= 11 is 0. The van der Waals surface area contributed by atoms with E-state index in [1.807, 2.05) is 77.5 Å². The maximum Gasteiger partial charge on any atom is 0.235 e. The second kappa shape index (κ2) is 7.72. The van der Waals surface area contributed by atoms with Crippen LogP contribution in [-0.2, 0) is 14.9 Å². The van der Waals surface area contributed by atoms with Crippen molar-refractivity contribution in [1.29, 1.82) is 0 Å². The number of benzene rings is 2. The predicted octanol–water partition coefficient (Wildman–Crippen LogP) is 4.08. The molecule has 0 bridgehead atoms. The smallest absolute Gasteiger partial charge is 0.235 e. The van der Waals surface area contributed by atoms with Crippen LogP contribution in [0.5, 0.6) is 0 Å². The molecule has 0 spiro atoms. The molecule has 1 fully saturated rings. The highest BCUT2D eigenvalue weighted by molar-refractivity contribution is 5.99. The fourth-order valence-electron chi connectivity index (χ4n) is 4.07. The first kappa shape index (κ1) is 18.5. The fraction of sp³-hybridized carbons (Fsp3) is 0.208. The number of nitrogens with one attached hydrogen (secondary N) is 1. The lowest BCUT2D eigenvalue weighted by Gasteiger charge is -2.36. The molecule has 2 aromatic carbocycles. The first-order chi connectivity index (χ1) is 14.7. The third-order valence-electron chi connectivity index (χ3n) is 5.78. The number of nitrogens with zero attached hydrogens (tertiary/aromatic N) is 3. The summed E-state index contributed by atoms with van der Waals surface area (Å²) in [7, 11) is 0. The lowest BCUT2D eigenvalue weighted by Crippen LogP contribution is -2.44. The van der Waals surface area contributed by atoms with Gasteiger partial charge in [0.25, 0.3) is 0 Å². The Labute approximate surface area is 174 Å². The quantitative estimate of drug-likeness (QED) is 0.562. The molecule has 0 saturated carbocycles. The zero-order valence-electron chi connectivity index (χ0n) is 16.5. The van der Waals surface area contributed by atoms with Crippen molar-refractivity contribution in [3.8, 4) is 11.3 Å². The van der Waals surface area contributed by atoms with Gasteiger partial charge in [-0.05, 0) is 36.6 Å². The molecule has 3 heterocycles. The van der Waals surface area contributed by atoms with Crippen molar-refractivity contribution in [3.63, 3.8) is 0 Å². The SMILES string of the molecule is O=C(Nc1ccc(-c2cn3cccnc3n2)cc1)C1(c2ccccc2)CCOCC1. The van der Waals surface area contributed by atoms with E-state index in [-0.39, 0.29) is 5.91 Å². The monoisotopic (exact) mass is 398 g/mol. The van der Waals surface area contributed by atoms with Crippen LogP contribution in [0.1, 0.15) is 18.4 Å². The maximum absolute atomic E-state index is 13.4. The highest BCUT2D eigenvalue weighted by Gasteiger charge is 2.41. The maximum atomic E-state index is 13.4. The lowest BCUT2D eigenvalue weighted by molar-refractivity contribution is -0.125. The van der Waals surface area contributed by atoms with Crippen LogP contribution in [0.2, 0.25) is 0 Å². The van der Waals surface area contributed by atoms with E-state index in [1.54, 1.807) is 6.20 Å². The van der Waals surface area contributed by atoms with Crippen molar-refractivity contribution >= 4 is 17.4 Å². The summed E-state index contributed by atoms with van der Waals surface area (Å²) in [5, 5.41) is 3.12. The molecule has 5 rings (SSSR count). The number of carbonyl (C=O) groups is 1. The van der Waals surface area contributed by atoms with Crippen molar-refractivity contribution in [2.24, 2.45) is 0 Å². The largest absolute Gasteiger partial charge is 0.381 e. The third kappa shape index (κ3) is 3.35. The zero-order valence-corrected chi connectivity index (χ0v) is 16.5. The number of aromatic nitrogens is 3. The van der Waals surface area contributed by atoms with Gasteiger partial charge in [0, 0.05) is 43.1 Å². The van der Waals surface area contributed by atoms with Gasteiger partial charge in [0.1, 0.15) is 0 Å². The second-order valence-electron chi connectivity index (χ2n) is 7.55. The summed E-state index contributed by atoms with van der Waals surface area (Å²) in [5.41, 5.74) is 3.07. The minimum absolute atomic E-state index is 0.0154. The lowest BCUT2D eigenvalue weighted by atomic mass is 9.73. The van der Waals surface area contributed by atoms with Crippen LogP contribution >= 0.6 is 0 Å². The summed E-state index contributed by atoms with van der Waals surface area (Å²) in [5.74, 6) is 0.677. The summed E-state index contributed by atoms with van der Waals surface area (Å²) < 4.78 is 7.43. The molecule has 6 heteroatoms. The van der Waals surface area contributed by atoms with E-state index in [0.717, 1.165) is 22.5 Å². The Morgan fingerprint density at radius 1 is 1.00 bits per heavy atom. The van der Waals surface area contributed by atoms with E-state index in [2.05, 4.69) is 15.3 Å². The van der Waals surface area contributed by atoms with Gasteiger partial charge in [-0.1, -0.05) is 42.5 Å². The molecule has 1 aliphatic rings. The van der Waals surface area contributed by atoms with Gasteiger partial charge in [0.05, 0.1) is 11.1 Å². The molecule has 1 aliphatic heterocycles. The van der Waals surface area contributed by atoms with Crippen LogP contribution in [-0.4, -0.2) is 33.5 Å². The van der Waals surface area contributed by atoms with E-state index in [9.17, 15) is 4.79 Å². The zero-order chi connectivity index (χ0) is 20.4. The summed E-state index contributed by atoms with van der Waals surface area (Å²) in [6.45, 7) is 1.17. The highest BCUT2D eigenvalue weighted by Crippen LogP contribution is 2.36. The Morgan fingerprint density at radius 3 is 2.50 bits per heavy atom. The van der Waals surface area contributed by atoms with E-state index in [0.29, 0.717) is 31.8 Å². The van der Waals surface area contributed by atoms with Gasteiger partial charge in [-0.15, -0.1) is 0 Å². The molecular formula is C24H22N4O2. The van der Waals surface area contributed by atoms with Crippen LogP contribution < -0.4 is 5.32 Å². The number of hydrogen-bond donors (Lipinski definition) is 1. The molecular weight excluding hydrogens is 376 g/mol.